The molecule has 0 aliphatic rings. The van der Waals surface area contributed by atoms with Crippen LogP contribution in [0.25, 0.3) is 0 Å². The van der Waals surface area contributed by atoms with Gasteiger partial charge in [-0.3, -0.25) is 9.48 Å². The molecule has 0 saturated heterocycles. The Kier molecular flexibility index (Phi) is 5.69. The number of carbonyl (C=O) groups is 1. The van der Waals surface area contributed by atoms with Crippen LogP contribution in [0.4, 0.5) is 0 Å². The molecule has 0 aromatic carbocycles. The van der Waals surface area contributed by atoms with E-state index in [0.717, 1.165) is 12.0 Å². The van der Waals surface area contributed by atoms with E-state index in [1.54, 1.807) is 0 Å². The molecule has 0 saturated carbocycles. The molecule has 0 bridgehead atoms. The van der Waals surface area contributed by atoms with E-state index >= 15 is 0 Å². The Morgan fingerprint density at radius 1 is 1.59 bits per heavy atom. The van der Waals surface area contributed by atoms with Crippen molar-refractivity contribution in [3.05, 3.63) is 18.0 Å². The lowest BCUT2D eigenvalue weighted by molar-refractivity contribution is -0.120. The highest BCUT2D eigenvalue weighted by atomic mass is 16.1. The van der Waals surface area contributed by atoms with Gasteiger partial charge in [-0.1, -0.05) is 6.92 Å². The van der Waals surface area contributed by atoms with Crippen LogP contribution in [-0.4, -0.2) is 34.8 Å². The normalized spacial score (nSPS) is 12.4. The molecule has 0 radical (unpaired) electrons. The topological polar surface area (TPSA) is 59.0 Å². The van der Waals surface area contributed by atoms with E-state index in [1.165, 1.54) is 0 Å². The molecule has 0 fully saturated rings. The Bertz CT molecular complexity index is 348. The molecule has 1 amide bonds. The minimum atomic E-state index is 0.0363. The lowest BCUT2D eigenvalue weighted by atomic mass is 10.2. The molecule has 1 aromatic heterocycles. The smallest absolute Gasteiger partial charge is 0.234 e. The molecular weight excluding hydrogens is 216 g/mol. The van der Waals surface area contributed by atoms with E-state index in [4.69, 9.17) is 0 Å². The van der Waals surface area contributed by atoms with Gasteiger partial charge in [0, 0.05) is 18.8 Å². The van der Waals surface area contributed by atoms with Crippen LogP contribution < -0.4 is 10.6 Å². The molecular formula is C12H22N4O. The number of amides is 1. The first-order valence-electron chi connectivity index (χ1n) is 6.11. The van der Waals surface area contributed by atoms with Crippen molar-refractivity contribution in [2.24, 2.45) is 0 Å². The maximum Gasteiger partial charge on any atom is 0.234 e. The number of nitrogens with one attached hydrogen (secondary N) is 2. The molecule has 17 heavy (non-hydrogen) atoms. The fourth-order valence-corrected chi connectivity index (χ4v) is 1.37. The summed E-state index contributed by atoms with van der Waals surface area (Å²) in [5, 5.41) is 10.2. The lowest BCUT2D eigenvalue weighted by Gasteiger charge is -2.11. The second kappa shape index (κ2) is 7.06. The Hall–Kier alpha value is -1.36. The first-order chi connectivity index (χ1) is 8.11. The molecule has 1 aromatic rings. The minimum Gasteiger partial charge on any atom is -0.353 e. The monoisotopic (exact) mass is 238 g/mol. The van der Waals surface area contributed by atoms with Crippen LogP contribution in [0.5, 0.6) is 0 Å². The highest BCUT2D eigenvalue weighted by molar-refractivity contribution is 5.77. The Labute approximate surface area is 103 Å². The zero-order chi connectivity index (χ0) is 12.7. The zero-order valence-electron chi connectivity index (χ0n) is 10.9. The van der Waals surface area contributed by atoms with Crippen molar-refractivity contribution in [3.63, 3.8) is 0 Å². The third-order valence-electron chi connectivity index (χ3n) is 2.65. The highest BCUT2D eigenvalue weighted by Gasteiger charge is 2.03. The summed E-state index contributed by atoms with van der Waals surface area (Å²) in [5.74, 6) is 0.0363. The fraction of sp³-hybridized carbons (Fsp3) is 0.667. The van der Waals surface area contributed by atoms with Crippen molar-refractivity contribution in [1.29, 1.82) is 0 Å². The lowest BCUT2D eigenvalue weighted by Crippen LogP contribution is -2.38. The van der Waals surface area contributed by atoms with Gasteiger partial charge in [0.1, 0.15) is 0 Å². The minimum absolute atomic E-state index is 0.0363. The Balaban J connectivity index is 2.12. The van der Waals surface area contributed by atoms with Crippen LogP contribution in [-0.2, 0) is 11.3 Å². The van der Waals surface area contributed by atoms with Gasteiger partial charge in [-0.15, -0.1) is 0 Å². The summed E-state index contributed by atoms with van der Waals surface area (Å²) in [6.07, 6.45) is 4.80. The van der Waals surface area contributed by atoms with Gasteiger partial charge in [-0.2, -0.15) is 5.10 Å². The SMILES string of the molecule is CCC(C)NCC(=O)NCCn1cc(C)cn1. The van der Waals surface area contributed by atoms with Crippen LogP contribution in [0.3, 0.4) is 0 Å². The first-order valence-corrected chi connectivity index (χ1v) is 6.11. The van der Waals surface area contributed by atoms with Crippen molar-refractivity contribution < 1.29 is 4.79 Å². The molecule has 1 atom stereocenters. The number of carbonyl (C=O) groups excluding carboxylic acids is 1. The summed E-state index contributed by atoms with van der Waals surface area (Å²) in [4.78, 5) is 11.5. The van der Waals surface area contributed by atoms with Gasteiger partial charge in [-0.05, 0) is 25.8 Å². The summed E-state index contributed by atoms with van der Waals surface area (Å²) in [6, 6.07) is 0.384. The highest BCUT2D eigenvalue weighted by Crippen LogP contribution is 1.92. The van der Waals surface area contributed by atoms with Gasteiger partial charge in [0.2, 0.25) is 5.91 Å². The van der Waals surface area contributed by atoms with E-state index in [9.17, 15) is 4.79 Å². The number of hydrogen-bond acceptors (Lipinski definition) is 3. The summed E-state index contributed by atoms with van der Waals surface area (Å²) >= 11 is 0. The predicted molar refractivity (Wildman–Crippen MR) is 67.7 cm³/mol. The van der Waals surface area contributed by atoms with E-state index in [-0.39, 0.29) is 5.91 Å². The van der Waals surface area contributed by atoms with E-state index in [1.807, 2.05) is 24.0 Å². The van der Waals surface area contributed by atoms with Crippen molar-refractivity contribution in [2.75, 3.05) is 13.1 Å². The van der Waals surface area contributed by atoms with Crippen molar-refractivity contribution in [2.45, 2.75) is 39.8 Å². The maximum atomic E-state index is 11.5. The number of aryl methyl sites for hydroxylation is 1. The molecule has 0 aliphatic heterocycles. The van der Waals surface area contributed by atoms with E-state index in [2.05, 4.69) is 29.6 Å². The maximum absolute atomic E-state index is 11.5. The fourth-order valence-electron chi connectivity index (χ4n) is 1.37. The molecule has 1 unspecified atom stereocenters. The van der Waals surface area contributed by atoms with Gasteiger partial charge < -0.3 is 10.6 Å². The molecule has 96 valence electrons. The summed E-state index contributed by atoms with van der Waals surface area (Å²) in [7, 11) is 0. The van der Waals surface area contributed by atoms with Crippen molar-refractivity contribution >= 4 is 5.91 Å². The average molecular weight is 238 g/mol. The predicted octanol–water partition coefficient (Wildman–Crippen LogP) is 0.696. The molecule has 2 N–H and O–H groups in total. The molecule has 5 heteroatoms. The summed E-state index contributed by atoms with van der Waals surface area (Å²) in [5.41, 5.74) is 1.13. The van der Waals surface area contributed by atoms with Crippen LogP contribution in [0.15, 0.2) is 12.4 Å². The third-order valence-corrected chi connectivity index (χ3v) is 2.65. The van der Waals surface area contributed by atoms with Gasteiger partial charge in [-0.25, -0.2) is 0 Å². The van der Waals surface area contributed by atoms with Gasteiger partial charge >= 0.3 is 0 Å². The average Bonchev–Trinajstić information content (AvgIpc) is 2.72. The van der Waals surface area contributed by atoms with Crippen LogP contribution in [0.1, 0.15) is 25.8 Å². The van der Waals surface area contributed by atoms with Gasteiger partial charge in [0.05, 0.1) is 19.3 Å². The van der Waals surface area contributed by atoms with Crippen molar-refractivity contribution in [1.82, 2.24) is 20.4 Å². The number of rotatable bonds is 7. The Morgan fingerprint density at radius 3 is 2.94 bits per heavy atom. The Morgan fingerprint density at radius 2 is 2.35 bits per heavy atom. The zero-order valence-corrected chi connectivity index (χ0v) is 10.9. The second-order valence-electron chi connectivity index (χ2n) is 4.32. The molecule has 5 nitrogen and oxygen atoms in total. The molecule has 1 rings (SSSR count). The summed E-state index contributed by atoms with van der Waals surface area (Å²) < 4.78 is 1.83. The second-order valence-corrected chi connectivity index (χ2v) is 4.32. The van der Waals surface area contributed by atoms with E-state index in [0.29, 0.717) is 25.7 Å². The van der Waals surface area contributed by atoms with E-state index < -0.39 is 0 Å². The van der Waals surface area contributed by atoms with Crippen molar-refractivity contribution in [3.8, 4) is 0 Å². The van der Waals surface area contributed by atoms with Crippen LogP contribution in [0.2, 0.25) is 0 Å². The standard InChI is InChI=1S/C12H22N4O/c1-4-11(3)14-8-12(17)13-5-6-16-9-10(2)7-15-16/h7,9,11,14H,4-6,8H2,1-3H3,(H,13,17). The third kappa shape index (κ3) is 5.49. The first kappa shape index (κ1) is 13.7. The number of aromatic nitrogens is 2. The number of nitrogens with zero attached hydrogens (tertiary/aromatic N) is 2. The van der Waals surface area contributed by atoms with Crippen LogP contribution in [0, 0.1) is 6.92 Å². The molecule has 0 aliphatic carbocycles. The molecule has 1 heterocycles. The van der Waals surface area contributed by atoms with Crippen LogP contribution >= 0.6 is 0 Å². The largest absolute Gasteiger partial charge is 0.353 e. The quantitative estimate of drug-likeness (QED) is 0.735. The van der Waals surface area contributed by atoms with Gasteiger partial charge in [0.15, 0.2) is 0 Å². The number of hydrogen-bond donors (Lipinski definition) is 2. The van der Waals surface area contributed by atoms with Gasteiger partial charge in [0.25, 0.3) is 0 Å². The molecule has 0 spiro atoms. The summed E-state index contributed by atoms with van der Waals surface area (Å²) in [6.45, 7) is 7.87.